The SMILES string of the molecule is O=C(O)O.O=C(O)O.[H-].[H-].[Mg+2].[O]=[Ti]=[O]. The van der Waals surface area contributed by atoms with Crippen molar-refractivity contribution in [2.24, 2.45) is 0 Å². The first kappa shape index (κ1) is 22.6. The van der Waals surface area contributed by atoms with Crippen molar-refractivity contribution in [1.82, 2.24) is 0 Å². The van der Waals surface area contributed by atoms with Gasteiger partial charge in [0.05, 0.1) is 0 Å². The molecule has 0 amide bonds. The van der Waals surface area contributed by atoms with Crippen LogP contribution in [-0.4, -0.2) is 55.8 Å². The molecule has 0 rings (SSSR count). The molecule has 0 aliphatic carbocycles. The molecule has 8 nitrogen and oxygen atoms in total. The summed E-state index contributed by atoms with van der Waals surface area (Å²) in [5, 5.41) is 27.9. The Morgan fingerprint density at radius 3 is 0.917 bits per heavy atom. The molecule has 0 aromatic carbocycles. The van der Waals surface area contributed by atoms with Crippen LogP contribution in [0.4, 0.5) is 9.59 Å². The van der Waals surface area contributed by atoms with Gasteiger partial charge in [-0.3, -0.25) is 0 Å². The van der Waals surface area contributed by atoms with Crippen LogP contribution in [0.2, 0.25) is 0 Å². The molecular weight excluding hydrogens is 224 g/mol. The van der Waals surface area contributed by atoms with Crippen LogP contribution in [0.3, 0.4) is 0 Å². The van der Waals surface area contributed by atoms with Crippen molar-refractivity contribution < 1.29 is 58.6 Å². The molecule has 68 valence electrons. The van der Waals surface area contributed by atoms with Gasteiger partial charge in [0.1, 0.15) is 0 Å². The zero-order valence-corrected chi connectivity index (χ0v) is 8.60. The Morgan fingerprint density at radius 2 is 0.917 bits per heavy atom. The molecule has 0 fully saturated rings. The maximum absolute atomic E-state index is 8.56. The first-order valence-corrected chi connectivity index (χ1v) is 2.99. The second-order valence-electron chi connectivity index (χ2n) is 0.648. The molecule has 0 aromatic heterocycles. The van der Waals surface area contributed by atoms with Gasteiger partial charge >= 0.3 is 61.1 Å². The Labute approximate surface area is 93.9 Å². The Kier molecular flexibility index (Phi) is 42.2. The molecule has 0 atom stereocenters. The van der Waals surface area contributed by atoms with Gasteiger partial charge in [-0.25, -0.2) is 9.59 Å². The normalized spacial score (nSPS) is 4.67. The summed E-state index contributed by atoms with van der Waals surface area (Å²) >= 11 is -2.00. The molecule has 0 radical (unpaired) electrons. The third-order valence-electron chi connectivity index (χ3n) is 0. The number of hydrogen-bond acceptors (Lipinski definition) is 4. The van der Waals surface area contributed by atoms with Crippen molar-refractivity contribution in [1.29, 1.82) is 0 Å². The third-order valence-corrected chi connectivity index (χ3v) is 0. The van der Waals surface area contributed by atoms with E-state index in [9.17, 15) is 0 Å². The monoisotopic (exact) mass is 230 g/mol. The summed E-state index contributed by atoms with van der Waals surface area (Å²) in [6.45, 7) is 0. The number of carbonyl (C=O) groups is 2. The topological polar surface area (TPSA) is 149 Å². The molecule has 0 aliphatic rings. The number of hydrogen-bond donors (Lipinski definition) is 4. The molecule has 0 spiro atoms. The van der Waals surface area contributed by atoms with E-state index in [4.69, 9.17) is 36.7 Å². The van der Waals surface area contributed by atoms with Crippen LogP contribution in [0.5, 0.6) is 0 Å². The molecule has 0 bridgehead atoms. The third kappa shape index (κ3) is 4960. The molecule has 0 saturated heterocycles. The van der Waals surface area contributed by atoms with E-state index in [0.29, 0.717) is 0 Å². The van der Waals surface area contributed by atoms with E-state index in [-0.39, 0.29) is 25.9 Å². The predicted octanol–water partition coefficient (Wildman–Crippen LogP) is 0.0489. The number of rotatable bonds is 0. The van der Waals surface area contributed by atoms with Crippen LogP contribution < -0.4 is 0 Å². The number of carboxylic acid groups (broad SMARTS) is 4. The van der Waals surface area contributed by atoms with Gasteiger partial charge in [0.25, 0.3) is 0 Å². The van der Waals surface area contributed by atoms with Gasteiger partial charge in [-0.1, -0.05) is 0 Å². The molecule has 0 saturated carbocycles. The predicted molar refractivity (Wildman–Crippen MR) is 30.7 cm³/mol. The van der Waals surface area contributed by atoms with Crippen molar-refractivity contribution in [2.75, 3.05) is 0 Å². The van der Waals surface area contributed by atoms with E-state index in [2.05, 4.69) is 0 Å². The van der Waals surface area contributed by atoms with Crippen LogP contribution in [0.15, 0.2) is 0 Å². The quantitative estimate of drug-likeness (QED) is 0.426. The fraction of sp³-hybridized carbons (Fsp3) is 0. The minimum atomic E-state index is -2.00. The summed E-state index contributed by atoms with van der Waals surface area (Å²) < 4.78 is 17.0. The van der Waals surface area contributed by atoms with Crippen LogP contribution >= 0.6 is 0 Å². The van der Waals surface area contributed by atoms with Crippen LogP contribution in [0.25, 0.3) is 0 Å². The van der Waals surface area contributed by atoms with E-state index >= 15 is 0 Å². The van der Waals surface area contributed by atoms with Crippen molar-refractivity contribution in [2.45, 2.75) is 0 Å². The van der Waals surface area contributed by atoms with E-state index in [1.807, 2.05) is 0 Å². The summed E-state index contributed by atoms with van der Waals surface area (Å²) in [6, 6.07) is 0. The van der Waals surface area contributed by atoms with Gasteiger partial charge in [-0.2, -0.15) is 0 Å². The van der Waals surface area contributed by atoms with Crippen molar-refractivity contribution in [3.8, 4) is 0 Å². The second kappa shape index (κ2) is 22.4. The van der Waals surface area contributed by atoms with Gasteiger partial charge in [0.2, 0.25) is 0 Å². The first-order chi connectivity index (χ1) is 4.88. The first-order valence-electron chi connectivity index (χ1n) is 1.71. The molecule has 0 unspecified atom stereocenters. The molecule has 12 heavy (non-hydrogen) atoms. The van der Waals surface area contributed by atoms with Gasteiger partial charge in [-0.15, -0.1) is 0 Å². The molecule has 4 N–H and O–H groups in total. The minimum absolute atomic E-state index is 0. The molecule has 0 aliphatic heterocycles. The van der Waals surface area contributed by atoms with Crippen LogP contribution in [-0.2, 0) is 25.7 Å². The zero-order valence-electron chi connectivity index (χ0n) is 7.63. The van der Waals surface area contributed by atoms with Gasteiger partial charge in [0.15, 0.2) is 0 Å². The second-order valence-corrected chi connectivity index (χ2v) is 0.909. The molecular formula is C2H6MgO8Ti. The van der Waals surface area contributed by atoms with Crippen LogP contribution in [0, 0.1) is 0 Å². The Bertz CT molecular complexity index is 137. The zero-order chi connectivity index (χ0) is 9.86. The average molecular weight is 230 g/mol. The summed E-state index contributed by atoms with van der Waals surface area (Å²) in [6.07, 6.45) is -3.67. The van der Waals surface area contributed by atoms with Gasteiger partial charge in [0, 0.05) is 0 Å². The maximum atomic E-state index is 8.56. The van der Waals surface area contributed by atoms with E-state index in [0.717, 1.165) is 0 Å². The van der Waals surface area contributed by atoms with Crippen molar-refractivity contribution in [3.05, 3.63) is 0 Å². The van der Waals surface area contributed by atoms with Crippen molar-refractivity contribution in [3.63, 3.8) is 0 Å². The standard InChI is InChI=1S/2CH2O3.Mg.2O.Ti.2H/c2*2-1(3)4;;;;;;/h2*(H2,2,3,4);;;;;;/q;;+2;;;;2*-1. The molecule has 0 heterocycles. The molecule has 10 heteroatoms. The van der Waals surface area contributed by atoms with Crippen LogP contribution in [0.1, 0.15) is 2.85 Å². The van der Waals surface area contributed by atoms with E-state index in [1.54, 1.807) is 0 Å². The molecule has 0 aromatic rings. The van der Waals surface area contributed by atoms with Gasteiger partial charge in [-0.05, 0) is 0 Å². The average Bonchev–Trinajstić information content (AvgIpc) is 1.60. The summed E-state index contributed by atoms with van der Waals surface area (Å²) in [4.78, 5) is 17.1. The van der Waals surface area contributed by atoms with Crippen molar-refractivity contribution >= 4 is 35.4 Å². The fourth-order valence-electron chi connectivity index (χ4n) is 0. The Hall–Kier alpha value is -0.379. The van der Waals surface area contributed by atoms with E-state index < -0.39 is 31.4 Å². The summed E-state index contributed by atoms with van der Waals surface area (Å²) in [5.74, 6) is 0. The Morgan fingerprint density at radius 1 is 0.917 bits per heavy atom. The Balaban J connectivity index is -0.0000000156. The van der Waals surface area contributed by atoms with E-state index in [1.165, 1.54) is 0 Å². The fourth-order valence-corrected chi connectivity index (χ4v) is 0. The summed E-state index contributed by atoms with van der Waals surface area (Å²) in [5.41, 5.74) is 0. The van der Waals surface area contributed by atoms with Gasteiger partial charge < -0.3 is 23.3 Å². The summed E-state index contributed by atoms with van der Waals surface area (Å²) in [7, 11) is 0.